The van der Waals surface area contributed by atoms with Gasteiger partial charge < -0.3 is 15.2 Å². The van der Waals surface area contributed by atoms with Crippen LogP contribution in [0.2, 0.25) is 0 Å². The zero-order valence-corrected chi connectivity index (χ0v) is 16.6. The van der Waals surface area contributed by atoms with Crippen LogP contribution in [-0.2, 0) is 25.7 Å². The Morgan fingerprint density at radius 3 is 2.68 bits per heavy atom. The predicted molar refractivity (Wildman–Crippen MR) is 103 cm³/mol. The molecule has 6 nitrogen and oxygen atoms in total. The van der Waals surface area contributed by atoms with Crippen molar-refractivity contribution >= 4 is 11.8 Å². The van der Waals surface area contributed by atoms with Crippen LogP contribution in [-0.4, -0.2) is 11.8 Å². The van der Waals surface area contributed by atoms with Gasteiger partial charge in [-0.1, -0.05) is 6.07 Å². The molecule has 0 fully saturated rings. The van der Waals surface area contributed by atoms with Crippen molar-refractivity contribution in [3.8, 4) is 6.07 Å². The van der Waals surface area contributed by atoms with Crippen molar-refractivity contribution in [1.82, 2.24) is 0 Å². The summed E-state index contributed by atoms with van der Waals surface area (Å²) >= 11 is 0. The predicted octanol–water partition coefficient (Wildman–Crippen LogP) is 3.49. The minimum Gasteiger partial charge on any atom is -0.461 e. The molecule has 3 rings (SSSR count). The Hall–Kier alpha value is -3.07. The van der Waals surface area contributed by atoms with Crippen molar-refractivity contribution in [2.24, 2.45) is 5.73 Å². The monoisotopic (exact) mass is 380 g/mol. The molecule has 0 radical (unpaired) electrons. The first-order valence-corrected chi connectivity index (χ1v) is 9.33. The average Bonchev–Trinajstić information content (AvgIpc) is 2.60. The summed E-state index contributed by atoms with van der Waals surface area (Å²) in [6.45, 7) is 7.36. The standard InChI is InChI=1S/C22H24N2O4/c1-11-8-12(2)19(13(3)16(11)10-27-14(4)25)20-15(9-23)22(24)28-18-7-5-6-17(26)21(18)20/h8,20H,5-7,10,24H2,1-4H3/t20-/m0/s1. The molecular formula is C22H24N2O4. The van der Waals surface area contributed by atoms with Crippen LogP contribution in [0.15, 0.2) is 28.9 Å². The lowest BCUT2D eigenvalue weighted by Gasteiger charge is -2.33. The van der Waals surface area contributed by atoms with Gasteiger partial charge in [0.25, 0.3) is 0 Å². The lowest BCUT2D eigenvalue weighted by Crippen LogP contribution is -2.28. The number of hydrogen-bond acceptors (Lipinski definition) is 6. The fourth-order valence-corrected chi connectivity index (χ4v) is 4.23. The summed E-state index contributed by atoms with van der Waals surface area (Å²) in [6.07, 6.45) is 1.77. The van der Waals surface area contributed by atoms with Crippen molar-refractivity contribution in [2.75, 3.05) is 0 Å². The van der Waals surface area contributed by atoms with Gasteiger partial charge in [-0.3, -0.25) is 9.59 Å². The molecule has 0 spiro atoms. The maximum atomic E-state index is 12.8. The first kappa shape index (κ1) is 19.7. The summed E-state index contributed by atoms with van der Waals surface area (Å²) < 4.78 is 10.9. The topological polar surface area (TPSA) is 102 Å². The fourth-order valence-electron chi connectivity index (χ4n) is 4.23. The minimum absolute atomic E-state index is 0.00703. The molecule has 28 heavy (non-hydrogen) atoms. The van der Waals surface area contributed by atoms with E-state index >= 15 is 0 Å². The number of allylic oxidation sites excluding steroid dienone is 3. The Labute approximate surface area is 164 Å². The number of ether oxygens (including phenoxy) is 2. The summed E-state index contributed by atoms with van der Waals surface area (Å²) in [5.74, 6) is -0.299. The van der Waals surface area contributed by atoms with E-state index in [1.165, 1.54) is 6.92 Å². The number of benzene rings is 1. The number of Topliss-reactive ketones (excluding diaryl/α,β-unsaturated/α-hetero) is 1. The summed E-state index contributed by atoms with van der Waals surface area (Å²) in [5, 5.41) is 9.78. The molecule has 146 valence electrons. The third kappa shape index (κ3) is 3.29. The molecule has 2 aliphatic rings. The molecule has 1 aromatic rings. The molecule has 1 aromatic carbocycles. The second-order valence-corrected chi connectivity index (χ2v) is 7.35. The summed E-state index contributed by atoms with van der Waals surface area (Å²) in [5.41, 5.74) is 11.4. The van der Waals surface area contributed by atoms with Crippen LogP contribution in [0.4, 0.5) is 0 Å². The second-order valence-electron chi connectivity index (χ2n) is 7.35. The minimum atomic E-state index is -0.557. The van der Waals surface area contributed by atoms with E-state index in [-0.39, 0.29) is 29.8 Å². The highest BCUT2D eigenvalue weighted by Gasteiger charge is 2.39. The number of esters is 1. The summed E-state index contributed by atoms with van der Waals surface area (Å²) in [6, 6.07) is 4.15. The number of aryl methyl sites for hydroxylation is 2. The smallest absolute Gasteiger partial charge is 0.302 e. The number of carbonyl (C=O) groups is 2. The van der Waals surface area contributed by atoms with Gasteiger partial charge in [-0.15, -0.1) is 0 Å². The summed E-state index contributed by atoms with van der Waals surface area (Å²) in [7, 11) is 0. The van der Waals surface area contributed by atoms with Crippen molar-refractivity contribution in [3.05, 3.63) is 56.7 Å². The molecule has 0 unspecified atom stereocenters. The number of nitrogens with two attached hydrogens (primary N) is 1. The molecule has 0 saturated carbocycles. The van der Waals surface area contributed by atoms with Gasteiger partial charge >= 0.3 is 5.97 Å². The van der Waals surface area contributed by atoms with Gasteiger partial charge in [0.1, 0.15) is 24.0 Å². The largest absolute Gasteiger partial charge is 0.461 e. The highest BCUT2D eigenvalue weighted by atomic mass is 16.5. The molecule has 0 aromatic heterocycles. The maximum absolute atomic E-state index is 12.8. The van der Waals surface area contributed by atoms with Gasteiger partial charge in [0.05, 0.1) is 5.92 Å². The third-order valence-corrected chi connectivity index (χ3v) is 5.50. The van der Waals surface area contributed by atoms with E-state index in [4.69, 9.17) is 15.2 Å². The Morgan fingerprint density at radius 2 is 2.04 bits per heavy atom. The van der Waals surface area contributed by atoms with Crippen molar-refractivity contribution in [2.45, 2.75) is 59.5 Å². The van der Waals surface area contributed by atoms with E-state index in [1.54, 1.807) is 0 Å². The Morgan fingerprint density at radius 1 is 1.32 bits per heavy atom. The molecule has 1 aliphatic carbocycles. The SMILES string of the molecule is CC(=O)OCc1c(C)cc(C)c([C@@H]2C(C#N)=C(N)OC3=C2C(=O)CCC3)c1C. The number of carbonyl (C=O) groups excluding carboxylic acids is 2. The lowest BCUT2D eigenvalue weighted by atomic mass is 9.74. The molecule has 6 heteroatoms. The Bertz CT molecular complexity index is 979. The number of nitrogens with zero attached hydrogens (tertiary/aromatic N) is 1. The third-order valence-electron chi connectivity index (χ3n) is 5.50. The highest BCUT2D eigenvalue weighted by Crippen LogP contribution is 2.46. The molecule has 0 amide bonds. The highest BCUT2D eigenvalue weighted by molar-refractivity contribution is 5.99. The molecular weight excluding hydrogens is 356 g/mol. The quantitative estimate of drug-likeness (QED) is 0.805. The van der Waals surface area contributed by atoms with Crippen LogP contribution >= 0.6 is 0 Å². The van der Waals surface area contributed by atoms with Crippen LogP contribution in [0.25, 0.3) is 0 Å². The molecule has 1 atom stereocenters. The maximum Gasteiger partial charge on any atom is 0.302 e. The number of ketones is 1. The van der Waals surface area contributed by atoms with Crippen LogP contribution in [0.1, 0.15) is 59.9 Å². The first-order valence-electron chi connectivity index (χ1n) is 9.33. The average molecular weight is 380 g/mol. The molecule has 1 heterocycles. The van der Waals surface area contributed by atoms with E-state index in [0.717, 1.165) is 27.8 Å². The van der Waals surface area contributed by atoms with E-state index in [9.17, 15) is 14.9 Å². The molecule has 1 aliphatic heterocycles. The number of nitriles is 1. The van der Waals surface area contributed by atoms with Gasteiger partial charge in [-0.2, -0.15) is 5.26 Å². The fraction of sp³-hybridized carbons (Fsp3) is 0.409. The van der Waals surface area contributed by atoms with Crippen molar-refractivity contribution in [3.63, 3.8) is 0 Å². The zero-order valence-electron chi connectivity index (χ0n) is 16.6. The van der Waals surface area contributed by atoms with Crippen LogP contribution in [0, 0.1) is 32.1 Å². The van der Waals surface area contributed by atoms with E-state index < -0.39 is 5.92 Å². The van der Waals surface area contributed by atoms with E-state index in [0.29, 0.717) is 30.6 Å². The number of rotatable bonds is 3. The van der Waals surface area contributed by atoms with Gasteiger partial charge in [-0.25, -0.2) is 0 Å². The Kier molecular flexibility index (Phi) is 5.28. The van der Waals surface area contributed by atoms with Gasteiger partial charge in [0.2, 0.25) is 5.88 Å². The normalized spacial score (nSPS) is 19.1. The van der Waals surface area contributed by atoms with E-state index in [1.807, 2.05) is 26.8 Å². The van der Waals surface area contributed by atoms with Gasteiger partial charge in [0.15, 0.2) is 5.78 Å². The Balaban J connectivity index is 2.24. The summed E-state index contributed by atoms with van der Waals surface area (Å²) in [4.78, 5) is 24.1. The first-order chi connectivity index (χ1) is 13.3. The van der Waals surface area contributed by atoms with Crippen molar-refractivity contribution < 1.29 is 19.1 Å². The van der Waals surface area contributed by atoms with Crippen LogP contribution in [0.3, 0.4) is 0 Å². The zero-order chi connectivity index (χ0) is 20.6. The van der Waals surface area contributed by atoms with Gasteiger partial charge in [0, 0.05) is 25.3 Å². The number of hydrogen-bond donors (Lipinski definition) is 1. The van der Waals surface area contributed by atoms with Crippen LogP contribution < -0.4 is 5.73 Å². The second kappa shape index (κ2) is 7.51. The molecule has 0 saturated heterocycles. The molecule has 0 bridgehead atoms. The van der Waals surface area contributed by atoms with Crippen molar-refractivity contribution in [1.29, 1.82) is 5.26 Å². The van der Waals surface area contributed by atoms with Crippen LogP contribution in [0.5, 0.6) is 0 Å². The van der Waals surface area contributed by atoms with Gasteiger partial charge in [-0.05, 0) is 55.0 Å². The lowest BCUT2D eigenvalue weighted by molar-refractivity contribution is -0.142. The molecule has 2 N–H and O–H groups in total. The van der Waals surface area contributed by atoms with E-state index in [2.05, 4.69) is 6.07 Å².